The molecular formula is C23H24BrN3O6. The summed E-state index contributed by atoms with van der Waals surface area (Å²) in [4.78, 5) is 49.4. The number of anilines is 1. The Morgan fingerprint density at radius 2 is 1.85 bits per heavy atom. The summed E-state index contributed by atoms with van der Waals surface area (Å²) in [5.74, 6) is -2.56. The molecular weight excluding hydrogens is 494 g/mol. The zero-order valence-corrected chi connectivity index (χ0v) is 20.0. The molecule has 0 spiro atoms. The topological polar surface area (TPSA) is 114 Å². The van der Waals surface area contributed by atoms with Crippen LogP contribution in [0.3, 0.4) is 0 Å². The van der Waals surface area contributed by atoms with Crippen molar-refractivity contribution < 1.29 is 28.7 Å². The van der Waals surface area contributed by atoms with Gasteiger partial charge in [-0.3, -0.25) is 29.6 Å². The summed E-state index contributed by atoms with van der Waals surface area (Å²) in [6.45, 7) is 3.27. The Kier molecular flexibility index (Phi) is 7.70. The van der Waals surface area contributed by atoms with Crippen LogP contribution in [0.2, 0.25) is 0 Å². The van der Waals surface area contributed by atoms with Crippen LogP contribution in [-0.2, 0) is 19.1 Å². The van der Waals surface area contributed by atoms with E-state index in [9.17, 15) is 19.2 Å². The van der Waals surface area contributed by atoms with E-state index in [-0.39, 0.29) is 18.5 Å². The highest BCUT2D eigenvalue weighted by Gasteiger charge is 2.37. The van der Waals surface area contributed by atoms with Crippen molar-refractivity contribution in [1.29, 1.82) is 0 Å². The molecule has 0 aliphatic carbocycles. The monoisotopic (exact) mass is 517 g/mol. The van der Waals surface area contributed by atoms with Crippen molar-refractivity contribution in [2.45, 2.75) is 20.3 Å². The van der Waals surface area contributed by atoms with Crippen LogP contribution in [0.1, 0.15) is 27.9 Å². The van der Waals surface area contributed by atoms with Crippen molar-refractivity contribution in [2.75, 3.05) is 25.6 Å². The van der Waals surface area contributed by atoms with E-state index in [1.165, 1.54) is 7.11 Å². The van der Waals surface area contributed by atoms with Crippen LogP contribution >= 0.6 is 15.9 Å². The number of hydrazine groups is 1. The average Bonchev–Trinajstić information content (AvgIpc) is 3.17. The molecule has 0 unspecified atom stereocenters. The Morgan fingerprint density at radius 3 is 2.58 bits per heavy atom. The number of carbonyl (C=O) groups is 4. The predicted octanol–water partition coefficient (Wildman–Crippen LogP) is 2.75. The normalized spacial score (nSPS) is 15.2. The molecule has 2 aromatic carbocycles. The summed E-state index contributed by atoms with van der Waals surface area (Å²) in [5, 5.41) is 3.79. The van der Waals surface area contributed by atoms with E-state index in [1.807, 2.05) is 19.9 Å². The highest BCUT2D eigenvalue weighted by molar-refractivity contribution is 9.10. The number of methoxy groups -OCH3 is 1. The molecule has 0 saturated carbocycles. The van der Waals surface area contributed by atoms with Crippen LogP contribution in [-0.4, -0.2) is 49.0 Å². The number of ether oxygens (including phenoxy) is 2. The molecule has 2 aromatic rings. The zero-order chi connectivity index (χ0) is 24.1. The Hall–Kier alpha value is -3.40. The van der Waals surface area contributed by atoms with E-state index < -0.39 is 36.2 Å². The van der Waals surface area contributed by atoms with Crippen LogP contribution in [0.5, 0.6) is 5.75 Å². The highest BCUT2D eigenvalue weighted by Crippen LogP contribution is 2.26. The Labute approximate surface area is 199 Å². The number of nitrogens with one attached hydrogen (secondary N) is 2. The maximum atomic E-state index is 12.5. The largest absolute Gasteiger partial charge is 0.496 e. The van der Waals surface area contributed by atoms with Gasteiger partial charge < -0.3 is 14.8 Å². The number of halogens is 1. The molecule has 9 nitrogen and oxygen atoms in total. The molecule has 3 amide bonds. The molecule has 10 heteroatoms. The lowest BCUT2D eigenvalue weighted by atomic mass is 10.1. The molecule has 174 valence electrons. The van der Waals surface area contributed by atoms with Gasteiger partial charge in [0.2, 0.25) is 5.91 Å². The van der Waals surface area contributed by atoms with Gasteiger partial charge in [0.1, 0.15) is 5.75 Å². The molecule has 1 atom stereocenters. The van der Waals surface area contributed by atoms with Gasteiger partial charge in [-0.15, -0.1) is 0 Å². The van der Waals surface area contributed by atoms with E-state index in [0.29, 0.717) is 11.4 Å². The van der Waals surface area contributed by atoms with E-state index in [0.717, 1.165) is 20.6 Å². The van der Waals surface area contributed by atoms with Gasteiger partial charge in [-0.25, -0.2) is 0 Å². The Morgan fingerprint density at radius 1 is 1.12 bits per heavy atom. The first-order chi connectivity index (χ1) is 15.7. The van der Waals surface area contributed by atoms with Gasteiger partial charge in [0.15, 0.2) is 6.61 Å². The van der Waals surface area contributed by atoms with Crippen molar-refractivity contribution in [3.05, 3.63) is 57.6 Å². The van der Waals surface area contributed by atoms with Crippen molar-refractivity contribution >= 4 is 45.3 Å². The lowest BCUT2D eigenvalue weighted by Gasteiger charge is -2.18. The van der Waals surface area contributed by atoms with Gasteiger partial charge >= 0.3 is 5.97 Å². The standard InChI is InChI=1S/C23H24BrN3O6/c1-13-14(2)18(9-8-17(13)24)25-20(28)12-33-23(31)15-10-21(29)27(11-15)26-22(30)16-6-4-5-7-19(16)32-3/h4-9,15H,10-12H2,1-3H3,(H,25,28)(H,26,30)/t15-/m0/s1. The number of hydrogen-bond acceptors (Lipinski definition) is 6. The number of rotatable bonds is 7. The summed E-state index contributed by atoms with van der Waals surface area (Å²) < 4.78 is 11.2. The first-order valence-corrected chi connectivity index (χ1v) is 11.0. The molecule has 1 aliphatic rings. The number of hydrogen-bond donors (Lipinski definition) is 2. The minimum atomic E-state index is -0.792. The van der Waals surface area contributed by atoms with Crippen LogP contribution in [0.4, 0.5) is 5.69 Å². The number of amides is 3. The van der Waals surface area contributed by atoms with Gasteiger partial charge in [-0.1, -0.05) is 28.1 Å². The minimum Gasteiger partial charge on any atom is -0.496 e. The Bertz CT molecular complexity index is 1100. The fourth-order valence-corrected chi connectivity index (χ4v) is 3.78. The van der Waals surface area contributed by atoms with Crippen LogP contribution < -0.4 is 15.5 Å². The minimum absolute atomic E-state index is 0.0504. The van der Waals surface area contributed by atoms with Crippen molar-refractivity contribution in [3.63, 3.8) is 0 Å². The molecule has 33 heavy (non-hydrogen) atoms. The third-order valence-corrected chi connectivity index (χ3v) is 6.25. The van der Waals surface area contributed by atoms with Gasteiger partial charge in [0, 0.05) is 16.6 Å². The number of carbonyl (C=O) groups excluding carboxylic acids is 4. The maximum Gasteiger partial charge on any atom is 0.311 e. The van der Waals surface area contributed by atoms with E-state index in [2.05, 4.69) is 26.7 Å². The van der Waals surface area contributed by atoms with Crippen molar-refractivity contribution in [1.82, 2.24) is 10.4 Å². The zero-order valence-electron chi connectivity index (χ0n) is 18.4. The molecule has 1 saturated heterocycles. The third-order valence-electron chi connectivity index (χ3n) is 5.39. The first-order valence-electron chi connectivity index (χ1n) is 10.2. The average molecular weight is 518 g/mol. The summed E-state index contributed by atoms with van der Waals surface area (Å²) >= 11 is 3.43. The summed E-state index contributed by atoms with van der Waals surface area (Å²) in [6.07, 6.45) is -0.127. The quantitative estimate of drug-likeness (QED) is 0.545. The molecule has 1 fully saturated rings. The fraction of sp³-hybridized carbons (Fsp3) is 0.304. The van der Waals surface area contributed by atoms with E-state index >= 15 is 0 Å². The first kappa shape index (κ1) is 24.2. The smallest absolute Gasteiger partial charge is 0.311 e. The number of esters is 1. The molecule has 0 bridgehead atoms. The lowest BCUT2D eigenvalue weighted by Crippen LogP contribution is -2.43. The fourth-order valence-electron chi connectivity index (χ4n) is 3.35. The van der Waals surface area contributed by atoms with E-state index in [1.54, 1.807) is 30.3 Å². The van der Waals surface area contributed by atoms with Gasteiger partial charge in [-0.05, 0) is 49.2 Å². The number of para-hydroxylation sites is 1. The maximum absolute atomic E-state index is 12.5. The van der Waals surface area contributed by atoms with E-state index in [4.69, 9.17) is 9.47 Å². The summed E-state index contributed by atoms with van der Waals surface area (Å²) in [6, 6.07) is 10.2. The second-order valence-electron chi connectivity index (χ2n) is 7.55. The summed E-state index contributed by atoms with van der Waals surface area (Å²) in [5.41, 5.74) is 5.26. The van der Waals surface area contributed by atoms with Gasteiger partial charge in [0.05, 0.1) is 25.1 Å². The van der Waals surface area contributed by atoms with Crippen LogP contribution in [0, 0.1) is 19.8 Å². The van der Waals surface area contributed by atoms with Crippen LogP contribution in [0.25, 0.3) is 0 Å². The highest BCUT2D eigenvalue weighted by atomic mass is 79.9. The van der Waals surface area contributed by atoms with Crippen molar-refractivity contribution in [3.8, 4) is 5.75 Å². The number of nitrogens with zero attached hydrogens (tertiary/aromatic N) is 1. The van der Waals surface area contributed by atoms with Crippen molar-refractivity contribution in [2.24, 2.45) is 5.92 Å². The Balaban J connectivity index is 1.52. The molecule has 2 N–H and O–H groups in total. The van der Waals surface area contributed by atoms with Crippen LogP contribution in [0.15, 0.2) is 40.9 Å². The van der Waals surface area contributed by atoms with Gasteiger partial charge in [-0.2, -0.15) is 0 Å². The molecule has 1 heterocycles. The second-order valence-corrected chi connectivity index (χ2v) is 8.40. The third kappa shape index (κ3) is 5.70. The predicted molar refractivity (Wildman–Crippen MR) is 123 cm³/mol. The summed E-state index contributed by atoms with van der Waals surface area (Å²) in [7, 11) is 1.44. The SMILES string of the molecule is COc1ccccc1C(=O)NN1C[C@@H](C(=O)OCC(=O)Nc2ccc(Br)c(C)c2C)CC1=O. The molecule has 1 aliphatic heterocycles. The van der Waals surface area contributed by atoms with Gasteiger partial charge in [0.25, 0.3) is 11.8 Å². The molecule has 0 aromatic heterocycles. The lowest BCUT2D eigenvalue weighted by molar-refractivity contribution is -0.151. The molecule has 3 rings (SSSR count). The molecule has 0 radical (unpaired) electrons. The number of benzene rings is 2. The second kappa shape index (κ2) is 10.5.